The lowest BCUT2D eigenvalue weighted by atomic mass is 9.97. The number of hydrogen-bond donors (Lipinski definition) is 1. The van der Waals surface area contributed by atoms with Crippen LogP contribution in [-0.4, -0.2) is 44.4 Å². The van der Waals surface area contributed by atoms with E-state index in [9.17, 15) is 4.79 Å². The second-order valence-electron chi connectivity index (χ2n) is 8.01. The van der Waals surface area contributed by atoms with Crippen molar-refractivity contribution in [2.45, 2.75) is 37.8 Å². The number of likely N-dealkylation sites (tertiary alicyclic amines) is 1. The first-order chi connectivity index (χ1) is 15.6. The van der Waals surface area contributed by atoms with Gasteiger partial charge in [0, 0.05) is 59.5 Å². The third kappa shape index (κ3) is 4.22. The summed E-state index contributed by atoms with van der Waals surface area (Å²) in [5, 5.41) is 12.1. The number of thiazole rings is 1. The molecule has 2 aromatic heterocycles. The van der Waals surface area contributed by atoms with E-state index in [1.165, 1.54) is 0 Å². The monoisotopic (exact) mass is 470 g/mol. The van der Waals surface area contributed by atoms with Gasteiger partial charge < -0.3 is 15.5 Å². The van der Waals surface area contributed by atoms with Crippen LogP contribution in [0.5, 0.6) is 0 Å². The molecule has 0 spiro atoms. The third-order valence-electron chi connectivity index (χ3n) is 5.95. The molecule has 1 fully saturated rings. The van der Waals surface area contributed by atoms with Gasteiger partial charge in [0.1, 0.15) is 12.3 Å². The van der Waals surface area contributed by atoms with Crippen molar-refractivity contribution in [1.29, 1.82) is 0 Å². The molecular weight excluding hydrogens is 448 g/mol. The van der Waals surface area contributed by atoms with Crippen LogP contribution in [0.3, 0.4) is 0 Å². The summed E-state index contributed by atoms with van der Waals surface area (Å²) >= 11 is 7.97. The van der Waals surface area contributed by atoms with Gasteiger partial charge in [0.15, 0.2) is 6.10 Å². The number of benzene rings is 1. The maximum absolute atomic E-state index is 12.5. The van der Waals surface area contributed by atoms with E-state index in [1.807, 2.05) is 40.7 Å². The molecule has 10 heteroatoms. The molecule has 2 aliphatic heterocycles. The minimum absolute atomic E-state index is 0.106. The number of aromatic nitrogens is 3. The maximum Gasteiger partial charge on any atom is 0.244 e. The predicted molar refractivity (Wildman–Crippen MR) is 124 cm³/mol. The summed E-state index contributed by atoms with van der Waals surface area (Å²) in [6.45, 7) is 1.76. The zero-order chi connectivity index (χ0) is 22.1. The van der Waals surface area contributed by atoms with Crippen LogP contribution in [0.1, 0.15) is 47.5 Å². The van der Waals surface area contributed by atoms with Crippen LogP contribution in [0.4, 0.5) is 5.69 Å². The number of hydrogen-bond acceptors (Lipinski definition) is 7. The van der Waals surface area contributed by atoms with Crippen LogP contribution in [0.2, 0.25) is 5.02 Å². The molecule has 3 aromatic rings. The van der Waals surface area contributed by atoms with Crippen LogP contribution in [0.25, 0.3) is 0 Å². The van der Waals surface area contributed by atoms with Gasteiger partial charge in [-0.15, -0.1) is 11.3 Å². The number of oxime groups is 1. The topological polar surface area (TPSA) is 98.6 Å². The highest BCUT2D eigenvalue weighted by Gasteiger charge is 2.30. The van der Waals surface area contributed by atoms with Crippen molar-refractivity contribution in [3.63, 3.8) is 0 Å². The normalized spacial score (nSPS) is 19.1. The summed E-state index contributed by atoms with van der Waals surface area (Å²) in [5.41, 5.74) is 9.12. The quantitative estimate of drug-likeness (QED) is 0.571. The van der Waals surface area contributed by atoms with Gasteiger partial charge in [-0.2, -0.15) is 5.10 Å². The van der Waals surface area contributed by atoms with E-state index < -0.39 is 0 Å². The number of nitrogens with two attached hydrogens (primary N) is 1. The smallest absolute Gasteiger partial charge is 0.244 e. The van der Waals surface area contributed by atoms with Gasteiger partial charge in [0.2, 0.25) is 5.91 Å². The number of halogens is 1. The van der Waals surface area contributed by atoms with Crippen LogP contribution in [0, 0.1) is 0 Å². The Morgan fingerprint density at radius 2 is 2.12 bits per heavy atom. The molecule has 1 atom stereocenters. The average molecular weight is 471 g/mol. The van der Waals surface area contributed by atoms with E-state index in [0.29, 0.717) is 23.0 Å². The molecule has 0 bridgehead atoms. The molecule has 0 aliphatic carbocycles. The van der Waals surface area contributed by atoms with Gasteiger partial charge in [-0.1, -0.05) is 22.8 Å². The number of amides is 1. The molecule has 166 valence electrons. The highest BCUT2D eigenvalue weighted by atomic mass is 35.5. The lowest BCUT2D eigenvalue weighted by molar-refractivity contribution is -0.133. The average Bonchev–Trinajstić information content (AvgIpc) is 3.56. The Morgan fingerprint density at radius 3 is 2.88 bits per heavy atom. The first-order valence-electron chi connectivity index (χ1n) is 10.6. The zero-order valence-electron chi connectivity index (χ0n) is 17.4. The van der Waals surface area contributed by atoms with Gasteiger partial charge in [-0.25, -0.2) is 4.98 Å². The Bertz CT molecular complexity index is 1120. The second kappa shape index (κ2) is 8.91. The van der Waals surface area contributed by atoms with Crippen LogP contribution >= 0.6 is 22.9 Å². The van der Waals surface area contributed by atoms with Crippen LogP contribution < -0.4 is 5.73 Å². The molecule has 5 rings (SSSR count). The summed E-state index contributed by atoms with van der Waals surface area (Å²) in [6.07, 6.45) is 5.58. The second-order valence-corrected chi connectivity index (χ2v) is 9.31. The first-order valence-corrected chi connectivity index (χ1v) is 11.8. The van der Waals surface area contributed by atoms with E-state index in [-0.39, 0.29) is 18.6 Å². The first kappa shape index (κ1) is 21.0. The van der Waals surface area contributed by atoms with Gasteiger partial charge in [0.05, 0.1) is 10.7 Å². The van der Waals surface area contributed by atoms with Gasteiger partial charge in [0.25, 0.3) is 0 Å². The molecule has 4 heterocycles. The minimum atomic E-state index is -0.298. The van der Waals surface area contributed by atoms with Crippen molar-refractivity contribution in [2.75, 3.05) is 18.8 Å². The molecule has 8 nitrogen and oxygen atoms in total. The number of rotatable bonds is 5. The number of piperidine rings is 1. The predicted octanol–water partition coefficient (Wildman–Crippen LogP) is 3.85. The van der Waals surface area contributed by atoms with Crippen LogP contribution in [0.15, 0.2) is 47.2 Å². The fourth-order valence-corrected chi connectivity index (χ4v) is 5.50. The highest BCUT2D eigenvalue weighted by Crippen LogP contribution is 2.38. The molecule has 1 aromatic carbocycles. The molecule has 0 saturated carbocycles. The van der Waals surface area contributed by atoms with Crippen LogP contribution in [-0.2, 0) is 16.2 Å². The Labute approximate surface area is 194 Å². The number of carbonyl (C=O) groups excluding carboxylic acids is 1. The Kier molecular flexibility index (Phi) is 5.84. The molecule has 32 heavy (non-hydrogen) atoms. The highest BCUT2D eigenvalue weighted by molar-refractivity contribution is 7.10. The Balaban J connectivity index is 1.18. The van der Waals surface area contributed by atoms with E-state index >= 15 is 0 Å². The molecule has 0 radical (unpaired) electrons. The number of carbonyl (C=O) groups is 1. The van der Waals surface area contributed by atoms with Crippen molar-refractivity contribution in [1.82, 2.24) is 19.7 Å². The van der Waals surface area contributed by atoms with Crippen molar-refractivity contribution < 1.29 is 9.63 Å². The summed E-state index contributed by atoms with van der Waals surface area (Å²) in [7, 11) is 0. The minimum Gasteiger partial charge on any atom is -0.398 e. The SMILES string of the molecule is Nc1cccc(Cl)c1C1CC(c2csc(C3CCN(C(=O)Cn4cccn4)CC3)n2)=NO1. The fourth-order valence-electron chi connectivity index (χ4n) is 4.19. The molecule has 2 N–H and O–H groups in total. The third-order valence-corrected chi connectivity index (χ3v) is 7.29. The Hall–Kier alpha value is -2.91. The summed E-state index contributed by atoms with van der Waals surface area (Å²) < 4.78 is 1.66. The summed E-state index contributed by atoms with van der Waals surface area (Å²) in [5.74, 6) is 0.453. The summed E-state index contributed by atoms with van der Waals surface area (Å²) in [6, 6.07) is 7.27. The number of nitrogen functional groups attached to an aromatic ring is 1. The molecule has 2 aliphatic rings. The van der Waals surface area contributed by atoms with Crippen molar-refractivity contribution in [3.8, 4) is 0 Å². The number of anilines is 1. The van der Waals surface area contributed by atoms with Gasteiger partial charge in [-0.05, 0) is 31.0 Å². The van der Waals surface area contributed by atoms with Crippen molar-refractivity contribution in [3.05, 3.63) is 63.3 Å². The lowest BCUT2D eigenvalue weighted by Gasteiger charge is -2.31. The lowest BCUT2D eigenvalue weighted by Crippen LogP contribution is -2.39. The Morgan fingerprint density at radius 1 is 1.28 bits per heavy atom. The molecular formula is C22H23ClN6O2S. The van der Waals surface area contributed by atoms with E-state index in [2.05, 4.69) is 10.3 Å². The van der Waals surface area contributed by atoms with Crippen molar-refractivity contribution >= 4 is 40.2 Å². The van der Waals surface area contributed by atoms with Gasteiger partial charge in [-0.3, -0.25) is 9.48 Å². The largest absolute Gasteiger partial charge is 0.398 e. The summed E-state index contributed by atoms with van der Waals surface area (Å²) in [4.78, 5) is 24.9. The fraction of sp³-hybridized carbons (Fsp3) is 0.364. The van der Waals surface area contributed by atoms with E-state index in [4.69, 9.17) is 27.2 Å². The van der Waals surface area contributed by atoms with Crippen molar-refractivity contribution in [2.24, 2.45) is 5.16 Å². The zero-order valence-corrected chi connectivity index (χ0v) is 18.9. The standard InChI is InChI=1S/C22H23ClN6O2S/c23-15-3-1-4-16(24)21(15)19-11-17(27-31-19)18-13-32-22(26-18)14-5-9-28(10-6-14)20(30)12-29-8-2-7-25-29/h1-4,7-8,13-14,19H,5-6,9-12,24H2. The van der Waals surface area contributed by atoms with Gasteiger partial charge >= 0.3 is 0 Å². The maximum atomic E-state index is 12.5. The molecule has 1 amide bonds. The number of nitrogens with zero attached hydrogens (tertiary/aromatic N) is 5. The molecule has 1 unspecified atom stereocenters. The van der Waals surface area contributed by atoms with E-state index in [1.54, 1.807) is 22.2 Å². The molecule has 1 saturated heterocycles. The van der Waals surface area contributed by atoms with E-state index in [0.717, 1.165) is 47.9 Å².